The van der Waals surface area contributed by atoms with E-state index in [1.54, 1.807) is 7.11 Å². The largest absolute Gasteiger partial charge is 0.496 e. The van der Waals surface area contributed by atoms with Crippen LogP contribution in [0.5, 0.6) is 5.75 Å². The van der Waals surface area contributed by atoms with Gasteiger partial charge in [-0.25, -0.2) is 0 Å². The average Bonchev–Trinajstić information content (AvgIpc) is 2.57. The van der Waals surface area contributed by atoms with E-state index in [1.165, 1.54) is 0 Å². The van der Waals surface area contributed by atoms with Crippen molar-refractivity contribution < 1.29 is 9.53 Å². The van der Waals surface area contributed by atoms with Gasteiger partial charge in [-0.05, 0) is 42.5 Å². The smallest absolute Gasteiger partial charge is 0.237 e. The molecule has 0 saturated heterocycles. The highest BCUT2D eigenvalue weighted by atomic mass is 16.5. The highest BCUT2D eigenvalue weighted by Gasteiger charge is 2.13. The monoisotopic (exact) mass is 312 g/mol. The van der Waals surface area contributed by atoms with E-state index in [1.807, 2.05) is 55.5 Å². The van der Waals surface area contributed by atoms with Crippen molar-refractivity contribution in [3.05, 3.63) is 65.2 Å². The minimum atomic E-state index is -0.523. The molecule has 0 unspecified atom stereocenters. The molecule has 0 saturated carbocycles. The van der Waals surface area contributed by atoms with E-state index >= 15 is 0 Å². The van der Waals surface area contributed by atoms with Gasteiger partial charge in [0.1, 0.15) is 5.75 Å². The average molecular weight is 312 g/mol. The molecule has 23 heavy (non-hydrogen) atoms. The first-order valence-corrected chi connectivity index (χ1v) is 7.81. The fourth-order valence-electron chi connectivity index (χ4n) is 2.44. The summed E-state index contributed by atoms with van der Waals surface area (Å²) in [5, 5.41) is 2.90. The number of nitrogens with two attached hydrogens (primary N) is 1. The topological polar surface area (TPSA) is 64.3 Å². The summed E-state index contributed by atoms with van der Waals surface area (Å²) in [6.45, 7) is 2.57. The number of nitrogens with one attached hydrogen (secondary N) is 1. The maximum absolute atomic E-state index is 12.1. The fraction of sp³-hybridized carbons (Fsp3) is 0.316. The van der Waals surface area contributed by atoms with Crippen molar-refractivity contribution in [1.82, 2.24) is 5.32 Å². The normalized spacial score (nSPS) is 11.8. The van der Waals surface area contributed by atoms with E-state index in [2.05, 4.69) is 5.32 Å². The Bertz CT molecular complexity index is 641. The SMILES string of the molecule is COc1cc(CCNC(=O)[C@@H](N)Cc2ccccc2)ccc1C. The third kappa shape index (κ3) is 5.11. The van der Waals surface area contributed by atoms with Gasteiger partial charge in [0, 0.05) is 6.54 Å². The lowest BCUT2D eigenvalue weighted by atomic mass is 10.1. The Hall–Kier alpha value is -2.33. The van der Waals surface area contributed by atoms with Crippen molar-refractivity contribution in [2.45, 2.75) is 25.8 Å². The Morgan fingerprint density at radius 3 is 2.61 bits per heavy atom. The van der Waals surface area contributed by atoms with Gasteiger partial charge < -0.3 is 15.8 Å². The molecule has 122 valence electrons. The lowest BCUT2D eigenvalue weighted by molar-refractivity contribution is -0.122. The van der Waals surface area contributed by atoms with Crippen LogP contribution < -0.4 is 15.8 Å². The van der Waals surface area contributed by atoms with Gasteiger partial charge in [0.2, 0.25) is 5.91 Å². The van der Waals surface area contributed by atoms with Crippen LogP contribution in [0, 0.1) is 6.92 Å². The number of amides is 1. The second-order valence-electron chi connectivity index (χ2n) is 5.64. The lowest BCUT2D eigenvalue weighted by Gasteiger charge is -2.13. The summed E-state index contributed by atoms with van der Waals surface area (Å²) in [4.78, 5) is 12.1. The zero-order valence-electron chi connectivity index (χ0n) is 13.7. The number of carbonyl (C=O) groups is 1. The molecular formula is C19H24N2O2. The van der Waals surface area contributed by atoms with Crippen LogP contribution in [0.25, 0.3) is 0 Å². The van der Waals surface area contributed by atoms with Crippen LogP contribution in [-0.4, -0.2) is 25.6 Å². The van der Waals surface area contributed by atoms with Crippen LogP contribution in [0.15, 0.2) is 48.5 Å². The molecule has 4 nitrogen and oxygen atoms in total. The first-order valence-electron chi connectivity index (χ1n) is 7.81. The maximum Gasteiger partial charge on any atom is 0.237 e. The molecular weight excluding hydrogens is 288 g/mol. The van der Waals surface area contributed by atoms with E-state index < -0.39 is 6.04 Å². The zero-order chi connectivity index (χ0) is 16.7. The van der Waals surface area contributed by atoms with Gasteiger partial charge in [0.05, 0.1) is 13.2 Å². The fourth-order valence-corrected chi connectivity index (χ4v) is 2.44. The molecule has 0 aliphatic rings. The summed E-state index contributed by atoms with van der Waals surface area (Å²) in [5.41, 5.74) is 9.26. The molecule has 3 N–H and O–H groups in total. The Labute approximate surface area is 137 Å². The molecule has 0 fully saturated rings. The van der Waals surface area contributed by atoms with Gasteiger partial charge in [-0.3, -0.25) is 4.79 Å². The van der Waals surface area contributed by atoms with Crippen molar-refractivity contribution in [3.8, 4) is 5.75 Å². The Kier molecular flexibility index (Phi) is 6.18. The molecule has 0 aliphatic heterocycles. The highest BCUT2D eigenvalue weighted by Crippen LogP contribution is 2.19. The standard InChI is InChI=1S/C19H24N2O2/c1-14-8-9-16(13-18(14)23-2)10-11-21-19(22)17(20)12-15-6-4-3-5-7-15/h3-9,13,17H,10-12,20H2,1-2H3,(H,21,22)/t17-/m0/s1. The number of rotatable bonds is 7. The van der Waals surface area contributed by atoms with Crippen molar-refractivity contribution in [2.24, 2.45) is 5.73 Å². The Morgan fingerprint density at radius 1 is 1.17 bits per heavy atom. The second-order valence-corrected chi connectivity index (χ2v) is 5.64. The van der Waals surface area contributed by atoms with Gasteiger partial charge in [-0.1, -0.05) is 42.5 Å². The molecule has 4 heteroatoms. The van der Waals surface area contributed by atoms with Crippen LogP contribution in [0.1, 0.15) is 16.7 Å². The minimum absolute atomic E-state index is 0.118. The van der Waals surface area contributed by atoms with E-state index in [0.29, 0.717) is 13.0 Å². The van der Waals surface area contributed by atoms with E-state index in [4.69, 9.17) is 10.5 Å². The molecule has 0 aromatic heterocycles. The van der Waals surface area contributed by atoms with Crippen molar-refractivity contribution in [2.75, 3.05) is 13.7 Å². The predicted molar refractivity (Wildman–Crippen MR) is 92.6 cm³/mol. The number of ether oxygens (including phenoxy) is 1. The number of methoxy groups -OCH3 is 1. The van der Waals surface area contributed by atoms with Crippen LogP contribution in [0.2, 0.25) is 0 Å². The van der Waals surface area contributed by atoms with Crippen molar-refractivity contribution in [1.29, 1.82) is 0 Å². The third-order valence-corrected chi connectivity index (χ3v) is 3.82. The van der Waals surface area contributed by atoms with E-state index in [9.17, 15) is 4.79 Å². The number of benzene rings is 2. The van der Waals surface area contributed by atoms with E-state index in [0.717, 1.165) is 28.9 Å². The predicted octanol–water partition coefficient (Wildman–Crippen LogP) is 2.23. The van der Waals surface area contributed by atoms with Crippen LogP contribution in [0.3, 0.4) is 0 Å². The molecule has 1 amide bonds. The number of carbonyl (C=O) groups excluding carboxylic acids is 1. The first-order chi connectivity index (χ1) is 11.1. The minimum Gasteiger partial charge on any atom is -0.496 e. The van der Waals surface area contributed by atoms with Gasteiger partial charge in [-0.2, -0.15) is 0 Å². The number of hydrogen-bond acceptors (Lipinski definition) is 3. The molecule has 2 aromatic rings. The maximum atomic E-state index is 12.1. The lowest BCUT2D eigenvalue weighted by Crippen LogP contribution is -2.42. The Balaban J connectivity index is 1.80. The van der Waals surface area contributed by atoms with Crippen LogP contribution in [0.4, 0.5) is 0 Å². The summed E-state index contributed by atoms with van der Waals surface area (Å²) in [7, 11) is 1.66. The Morgan fingerprint density at radius 2 is 1.91 bits per heavy atom. The summed E-state index contributed by atoms with van der Waals surface area (Å²) in [6.07, 6.45) is 1.30. The third-order valence-electron chi connectivity index (χ3n) is 3.82. The summed E-state index contributed by atoms with van der Waals surface area (Å²) < 4.78 is 5.31. The molecule has 0 heterocycles. The quantitative estimate of drug-likeness (QED) is 0.824. The molecule has 0 radical (unpaired) electrons. The van der Waals surface area contributed by atoms with Gasteiger partial charge in [0.15, 0.2) is 0 Å². The molecule has 0 aliphatic carbocycles. The number of aryl methyl sites for hydroxylation is 1. The van der Waals surface area contributed by atoms with Gasteiger partial charge in [0.25, 0.3) is 0 Å². The van der Waals surface area contributed by atoms with Crippen molar-refractivity contribution in [3.63, 3.8) is 0 Å². The summed E-state index contributed by atoms with van der Waals surface area (Å²) in [6, 6.07) is 15.4. The molecule has 0 bridgehead atoms. The summed E-state index contributed by atoms with van der Waals surface area (Å²) >= 11 is 0. The summed E-state index contributed by atoms with van der Waals surface area (Å²) in [5.74, 6) is 0.752. The van der Waals surface area contributed by atoms with Crippen LogP contribution in [-0.2, 0) is 17.6 Å². The molecule has 1 atom stereocenters. The molecule has 2 aromatic carbocycles. The molecule has 0 spiro atoms. The first kappa shape index (κ1) is 17.0. The van der Waals surface area contributed by atoms with E-state index in [-0.39, 0.29) is 5.91 Å². The van der Waals surface area contributed by atoms with Gasteiger partial charge in [-0.15, -0.1) is 0 Å². The highest BCUT2D eigenvalue weighted by molar-refractivity contribution is 5.81. The zero-order valence-corrected chi connectivity index (χ0v) is 13.7. The number of hydrogen-bond donors (Lipinski definition) is 2. The van der Waals surface area contributed by atoms with Gasteiger partial charge >= 0.3 is 0 Å². The second kappa shape index (κ2) is 8.34. The van der Waals surface area contributed by atoms with Crippen LogP contribution >= 0.6 is 0 Å². The van der Waals surface area contributed by atoms with Crippen molar-refractivity contribution >= 4 is 5.91 Å². The molecule has 2 rings (SSSR count).